The topological polar surface area (TPSA) is 36.0 Å². The fourth-order valence-electron chi connectivity index (χ4n) is 4.15. The molecule has 0 spiro atoms. The first-order chi connectivity index (χ1) is 14.1. The lowest BCUT2D eigenvalue weighted by Crippen LogP contribution is -2.48. The van der Waals surface area contributed by atoms with Crippen LogP contribution in [0.25, 0.3) is 0 Å². The first kappa shape index (κ1) is 19.5. The second kappa shape index (κ2) is 8.70. The molecule has 152 valence electrons. The number of benzene rings is 2. The summed E-state index contributed by atoms with van der Waals surface area (Å²) in [4.78, 5) is 19.2. The van der Waals surface area contributed by atoms with E-state index in [4.69, 9.17) is 4.74 Å². The maximum absolute atomic E-state index is 12.6. The Balaban J connectivity index is 1.36. The number of carbonyl (C=O) groups is 1. The van der Waals surface area contributed by atoms with E-state index in [-0.39, 0.29) is 6.09 Å². The normalized spacial score (nSPS) is 17.3. The van der Waals surface area contributed by atoms with Gasteiger partial charge in [0.1, 0.15) is 6.61 Å². The summed E-state index contributed by atoms with van der Waals surface area (Å²) in [7, 11) is 2.15. The van der Waals surface area contributed by atoms with E-state index in [0.717, 1.165) is 31.7 Å². The van der Waals surface area contributed by atoms with Crippen LogP contribution in [0.3, 0.4) is 0 Å². The van der Waals surface area contributed by atoms with Crippen LogP contribution in [0.15, 0.2) is 65.9 Å². The van der Waals surface area contributed by atoms with Gasteiger partial charge in [-0.2, -0.15) is 0 Å². The van der Waals surface area contributed by atoms with Crippen molar-refractivity contribution in [2.45, 2.75) is 26.5 Å². The SMILES string of the molecule is Cc1ccc(COC(=O)N2CCC3=C(CN(Cc4ccccc4)CN3C)C2)cc1. The number of hydrogen-bond acceptors (Lipinski definition) is 4. The van der Waals surface area contributed by atoms with Gasteiger partial charge in [-0.05, 0) is 23.6 Å². The van der Waals surface area contributed by atoms with Crippen molar-refractivity contribution in [1.29, 1.82) is 0 Å². The molecule has 0 aromatic heterocycles. The largest absolute Gasteiger partial charge is 0.445 e. The second-order valence-electron chi connectivity index (χ2n) is 8.07. The summed E-state index contributed by atoms with van der Waals surface area (Å²) in [6.07, 6.45) is 0.671. The van der Waals surface area contributed by atoms with E-state index in [2.05, 4.69) is 48.0 Å². The van der Waals surface area contributed by atoms with Gasteiger partial charge in [0.15, 0.2) is 0 Å². The van der Waals surface area contributed by atoms with Gasteiger partial charge in [0.25, 0.3) is 0 Å². The van der Waals surface area contributed by atoms with Gasteiger partial charge in [0, 0.05) is 45.3 Å². The zero-order valence-corrected chi connectivity index (χ0v) is 17.3. The molecule has 2 aromatic rings. The fraction of sp³-hybridized carbons (Fsp3) is 0.375. The van der Waals surface area contributed by atoms with Crippen molar-refractivity contribution in [1.82, 2.24) is 14.7 Å². The van der Waals surface area contributed by atoms with Crippen LogP contribution in [0.1, 0.15) is 23.1 Å². The van der Waals surface area contributed by atoms with E-state index >= 15 is 0 Å². The van der Waals surface area contributed by atoms with Gasteiger partial charge in [0.2, 0.25) is 0 Å². The van der Waals surface area contributed by atoms with E-state index in [1.54, 1.807) is 0 Å². The average Bonchev–Trinajstić information content (AvgIpc) is 2.73. The minimum atomic E-state index is -0.222. The molecule has 0 N–H and O–H groups in total. The number of hydrogen-bond donors (Lipinski definition) is 0. The molecular formula is C24H29N3O2. The highest BCUT2D eigenvalue weighted by atomic mass is 16.6. The zero-order chi connectivity index (χ0) is 20.2. The van der Waals surface area contributed by atoms with Crippen molar-refractivity contribution in [2.75, 3.05) is 33.4 Å². The lowest BCUT2D eigenvalue weighted by atomic mass is 10.0. The lowest BCUT2D eigenvalue weighted by molar-refractivity contribution is 0.0872. The number of aryl methyl sites for hydroxylation is 1. The van der Waals surface area contributed by atoms with Crippen molar-refractivity contribution in [3.05, 3.63) is 82.6 Å². The van der Waals surface area contributed by atoms with Crippen LogP contribution in [0.4, 0.5) is 4.79 Å². The Morgan fingerprint density at radius 1 is 1.00 bits per heavy atom. The highest BCUT2D eigenvalue weighted by Gasteiger charge is 2.30. The predicted octanol–water partition coefficient (Wildman–Crippen LogP) is 4.00. The van der Waals surface area contributed by atoms with Gasteiger partial charge < -0.3 is 14.5 Å². The van der Waals surface area contributed by atoms with Gasteiger partial charge in [-0.1, -0.05) is 60.2 Å². The molecular weight excluding hydrogens is 362 g/mol. The molecule has 0 saturated heterocycles. The quantitative estimate of drug-likeness (QED) is 0.789. The molecule has 5 nitrogen and oxygen atoms in total. The van der Waals surface area contributed by atoms with Crippen molar-refractivity contribution in [2.24, 2.45) is 0 Å². The molecule has 1 amide bonds. The summed E-state index contributed by atoms with van der Waals surface area (Å²) in [6, 6.07) is 18.7. The third kappa shape index (κ3) is 4.80. The van der Waals surface area contributed by atoms with E-state index in [0.29, 0.717) is 19.7 Å². The molecule has 2 aliphatic rings. The maximum Gasteiger partial charge on any atom is 0.410 e. The molecule has 0 atom stereocenters. The van der Waals surface area contributed by atoms with Crippen LogP contribution in [-0.2, 0) is 17.9 Å². The highest BCUT2D eigenvalue weighted by Crippen LogP contribution is 2.27. The van der Waals surface area contributed by atoms with Crippen LogP contribution in [0.5, 0.6) is 0 Å². The highest BCUT2D eigenvalue weighted by molar-refractivity contribution is 5.68. The summed E-state index contributed by atoms with van der Waals surface area (Å²) >= 11 is 0. The molecule has 0 radical (unpaired) electrons. The van der Waals surface area contributed by atoms with Crippen molar-refractivity contribution in [3.63, 3.8) is 0 Å². The lowest BCUT2D eigenvalue weighted by Gasteiger charge is -2.42. The average molecular weight is 392 g/mol. The Labute approximate surface area is 173 Å². The Bertz CT molecular complexity index is 877. The molecule has 0 bridgehead atoms. The molecule has 2 heterocycles. The van der Waals surface area contributed by atoms with Crippen molar-refractivity contribution < 1.29 is 9.53 Å². The number of amides is 1. The van der Waals surface area contributed by atoms with E-state index in [9.17, 15) is 4.79 Å². The van der Waals surface area contributed by atoms with Gasteiger partial charge in [0.05, 0.1) is 6.67 Å². The Hall–Kier alpha value is -2.79. The van der Waals surface area contributed by atoms with Gasteiger partial charge in [-0.3, -0.25) is 4.90 Å². The van der Waals surface area contributed by atoms with Crippen LogP contribution >= 0.6 is 0 Å². The van der Waals surface area contributed by atoms with Crippen LogP contribution in [0.2, 0.25) is 0 Å². The number of rotatable bonds is 4. The first-order valence-electron chi connectivity index (χ1n) is 10.2. The molecule has 5 heteroatoms. The Morgan fingerprint density at radius 2 is 1.76 bits per heavy atom. The number of carbonyl (C=O) groups excluding carboxylic acids is 1. The third-order valence-electron chi connectivity index (χ3n) is 5.69. The molecule has 2 aliphatic heterocycles. The molecule has 0 fully saturated rings. The van der Waals surface area contributed by atoms with Gasteiger partial charge >= 0.3 is 6.09 Å². The third-order valence-corrected chi connectivity index (χ3v) is 5.69. The Morgan fingerprint density at radius 3 is 2.52 bits per heavy atom. The van der Waals surface area contributed by atoms with E-state index in [1.165, 1.54) is 22.4 Å². The molecule has 2 aromatic carbocycles. The molecule has 0 saturated carbocycles. The van der Waals surface area contributed by atoms with Crippen LogP contribution < -0.4 is 0 Å². The fourth-order valence-corrected chi connectivity index (χ4v) is 4.15. The minimum absolute atomic E-state index is 0.222. The van der Waals surface area contributed by atoms with Crippen molar-refractivity contribution >= 4 is 6.09 Å². The summed E-state index contributed by atoms with van der Waals surface area (Å²) in [6.45, 7) is 6.48. The maximum atomic E-state index is 12.6. The van der Waals surface area contributed by atoms with E-state index < -0.39 is 0 Å². The van der Waals surface area contributed by atoms with Crippen molar-refractivity contribution in [3.8, 4) is 0 Å². The summed E-state index contributed by atoms with van der Waals surface area (Å²) < 4.78 is 5.57. The standard InChI is InChI=1S/C24H29N3O2/c1-19-8-10-21(11-9-19)17-29-24(28)27-13-12-23-22(16-27)15-26(18-25(23)2)14-20-6-4-3-5-7-20/h3-11H,12-18H2,1-2H3. The van der Waals surface area contributed by atoms with Gasteiger partial charge in [-0.25, -0.2) is 4.79 Å². The molecule has 29 heavy (non-hydrogen) atoms. The first-order valence-corrected chi connectivity index (χ1v) is 10.2. The summed E-state index contributed by atoms with van der Waals surface area (Å²) in [5.74, 6) is 0. The summed E-state index contributed by atoms with van der Waals surface area (Å²) in [5, 5.41) is 0. The molecule has 4 rings (SSSR count). The molecule has 0 unspecified atom stereocenters. The van der Waals surface area contributed by atoms with Crippen LogP contribution in [0, 0.1) is 6.92 Å². The molecule has 0 aliphatic carbocycles. The van der Waals surface area contributed by atoms with Crippen LogP contribution in [-0.4, -0.2) is 54.1 Å². The van der Waals surface area contributed by atoms with E-state index in [1.807, 2.05) is 35.2 Å². The zero-order valence-electron chi connectivity index (χ0n) is 17.3. The predicted molar refractivity (Wildman–Crippen MR) is 114 cm³/mol. The Kier molecular flexibility index (Phi) is 5.86. The number of ether oxygens (including phenoxy) is 1. The summed E-state index contributed by atoms with van der Waals surface area (Å²) in [5.41, 5.74) is 6.25. The smallest absolute Gasteiger partial charge is 0.410 e. The second-order valence-corrected chi connectivity index (χ2v) is 8.07. The van der Waals surface area contributed by atoms with Gasteiger partial charge in [-0.15, -0.1) is 0 Å². The number of nitrogens with zero attached hydrogens (tertiary/aromatic N) is 3. The monoisotopic (exact) mass is 391 g/mol. The minimum Gasteiger partial charge on any atom is -0.445 e.